The van der Waals surface area contributed by atoms with E-state index in [9.17, 15) is 18.3 Å². The van der Waals surface area contributed by atoms with Gasteiger partial charge in [-0.15, -0.1) is 0 Å². The number of halogens is 4. The molecule has 0 aliphatic carbocycles. The minimum Gasteiger partial charge on any atom is -0.389 e. The zero-order valence-corrected chi connectivity index (χ0v) is 13.3. The molecule has 1 atom stereocenters. The summed E-state index contributed by atoms with van der Waals surface area (Å²) in [4.78, 5) is 3.48. The SMILES string of the molecule is C[C@@H](O)c1ccc(N2CCN(CC(F)(F)F)CC2)c(Br)c1. The first kappa shape index (κ1) is 16.6. The Bertz CT molecular complexity index is 486. The zero-order valence-electron chi connectivity index (χ0n) is 11.7. The van der Waals surface area contributed by atoms with Crippen LogP contribution in [0.1, 0.15) is 18.6 Å². The number of aliphatic hydroxyl groups is 1. The molecule has 0 amide bonds. The van der Waals surface area contributed by atoms with E-state index < -0.39 is 18.8 Å². The van der Waals surface area contributed by atoms with Gasteiger partial charge in [0.05, 0.1) is 18.3 Å². The number of aliphatic hydroxyl groups excluding tert-OH is 1. The molecular formula is C14H18BrF3N2O. The molecule has 7 heteroatoms. The number of nitrogens with zero attached hydrogens (tertiary/aromatic N) is 2. The molecule has 1 N–H and O–H groups in total. The number of anilines is 1. The van der Waals surface area contributed by atoms with Gasteiger partial charge in [-0.05, 0) is 40.5 Å². The third-order valence-corrected chi connectivity index (χ3v) is 4.21. The first-order valence-corrected chi connectivity index (χ1v) is 7.57. The smallest absolute Gasteiger partial charge is 0.389 e. The number of piperazine rings is 1. The standard InChI is InChI=1S/C14H18BrF3N2O/c1-10(21)11-2-3-13(12(15)8-11)20-6-4-19(5-7-20)9-14(16,17)18/h2-3,8,10,21H,4-7,9H2,1H3/t10-/m1/s1. The van der Waals surface area contributed by atoms with Gasteiger partial charge < -0.3 is 10.0 Å². The third-order valence-electron chi connectivity index (χ3n) is 3.57. The second-order valence-corrected chi connectivity index (χ2v) is 6.12. The van der Waals surface area contributed by atoms with Crippen molar-refractivity contribution in [2.24, 2.45) is 0 Å². The van der Waals surface area contributed by atoms with Crippen molar-refractivity contribution in [1.82, 2.24) is 4.90 Å². The van der Waals surface area contributed by atoms with Crippen LogP contribution in [0.25, 0.3) is 0 Å². The highest BCUT2D eigenvalue weighted by atomic mass is 79.9. The molecule has 0 unspecified atom stereocenters. The lowest BCUT2D eigenvalue weighted by molar-refractivity contribution is -0.146. The van der Waals surface area contributed by atoms with E-state index in [0.717, 1.165) is 15.7 Å². The summed E-state index contributed by atoms with van der Waals surface area (Å²) in [5, 5.41) is 9.54. The Balaban J connectivity index is 1.99. The molecular weight excluding hydrogens is 349 g/mol. The summed E-state index contributed by atoms with van der Waals surface area (Å²) in [6, 6.07) is 5.58. The van der Waals surface area contributed by atoms with Crippen LogP contribution in [-0.2, 0) is 0 Å². The predicted molar refractivity (Wildman–Crippen MR) is 79.5 cm³/mol. The topological polar surface area (TPSA) is 26.7 Å². The van der Waals surface area contributed by atoms with E-state index in [-0.39, 0.29) is 0 Å². The molecule has 0 bridgehead atoms. The fourth-order valence-electron chi connectivity index (χ4n) is 2.44. The van der Waals surface area contributed by atoms with Gasteiger partial charge in [-0.25, -0.2) is 0 Å². The molecule has 1 aliphatic rings. The first-order valence-electron chi connectivity index (χ1n) is 6.78. The predicted octanol–water partition coefficient (Wildman–Crippen LogP) is 3.19. The highest BCUT2D eigenvalue weighted by Crippen LogP contribution is 2.30. The molecule has 1 aromatic carbocycles. The van der Waals surface area contributed by atoms with E-state index in [1.165, 1.54) is 4.90 Å². The highest BCUT2D eigenvalue weighted by molar-refractivity contribution is 9.10. The number of hydrogen-bond donors (Lipinski definition) is 1. The van der Waals surface area contributed by atoms with Gasteiger partial charge in [0.1, 0.15) is 0 Å². The van der Waals surface area contributed by atoms with Gasteiger partial charge in [-0.1, -0.05) is 6.07 Å². The molecule has 3 nitrogen and oxygen atoms in total. The maximum Gasteiger partial charge on any atom is 0.401 e. The number of rotatable bonds is 3. The van der Waals surface area contributed by atoms with E-state index in [0.29, 0.717) is 26.2 Å². The Morgan fingerprint density at radius 1 is 1.24 bits per heavy atom. The average Bonchev–Trinajstić information content (AvgIpc) is 2.38. The van der Waals surface area contributed by atoms with Crippen LogP contribution in [0.15, 0.2) is 22.7 Å². The summed E-state index contributed by atoms with van der Waals surface area (Å²) in [6.45, 7) is 2.75. The van der Waals surface area contributed by atoms with Crippen molar-refractivity contribution < 1.29 is 18.3 Å². The van der Waals surface area contributed by atoms with Crippen LogP contribution in [0.5, 0.6) is 0 Å². The van der Waals surface area contributed by atoms with Gasteiger partial charge in [-0.3, -0.25) is 4.90 Å². The molecule has 1 saturated heterocycles. The van der Waals surface area contributed by atoms with Crippen molar-refractivity contribution in [3.05, 3.63) is 28.2 Å². The summed E-state index contributed by atoms with van der Waals surface area (Å²) in [6.07, 6.45) is -4.68. The van der Waals surface area contributed by atoms with Gasteiger partial charge in [0.2, 0.25) is 0 Å². The summed E-state index contributed by atoms with van der Waals surface area (Å²) in [5.41, 5.74) is 1.76. The van der Waals surface area contributed by atoms with Gasteiger partial charge in [0.25, 0.3) is 0 Å². The van der Waals surface area contributed by atoms with E-state index in [1.54, 1.807) is 6.92 Å². The lowest BCUT2D eigenvalue weighted by Gasteiger charge is -2.36. The quantitative estimate of drug-likeness (QED) is 0.889. The zero-order chi connectivity index (χ0) is 15.6. The Hall–Kier alpha value is -0.790. The number of hydrogen-bond acceptors (Lipinski definition) is 3. The lowest BCUT2D eigenvalue weighted by Crippen LogP contribution is -2.49. The van der Waals surface area contributed by atoms with Crippen LogP contribution in [0.3, 0.4) is 0 Å². The van der Waals surface area contributed by atoms with Crippen LogP contribution in [0.2, 0.25) is 0 Å². The molecule has 1 aromatic rings. The van der Waals surface area contributed by atoms with Crippen molar-refractivity contribution in [3.8, 4) is 0 Å². The Morgan fingerprint density at radius 3 is 2.33 bits per heavy atom. The number of benzene rings is 1. The molecule has 118 valence electrons. The van der Waals surface area contributed by atoms with E-state index in [4.69, 9.17) is 0 Å². The number of alkyl halides is 3. The molecule has 1 fully saturated rings. The molecule has 21 heavy (non-hydrogen) atoms. The lowest BCUT2D eigenvalue weighted by atomic mass is 10.1. The molecule has 0 spiro atoms. The minimum atomic E-state index is -4.14. The minimum absolute atomic E-state index is 0.393. The van der Waals surface area contributed by atoms with Crippen molar-refractivity contribution in [2.45, 2.75) is 19.2 Å². The molecule has 0 radical (unpaired) electrons. The second-order valence-electron chi connectivity index (χ2n) is 5.27. The highest BCUT2D eigenvalue weighted by Gasteiger charge is 2.32. The molecule has 1 aliphatic heterocycles. The molecule has 0 aromatic heterocycles. The van der Waals surface area contributed by atoms with Gasteiger partial charge in [0.15, 0.2) is 0 Å². The van der Waals surface area contributed by atoms with Crippen LogP contribution < -0.4 is 4.90 Å². The maximum absolute atomic E-state index is 12.4. The third kappa shape index (κ3) is 4.59. The monoisotopic (exact) mass is 366 g/mol. The summed E-state index contributed by atoms with van der Waals surface area (Å²) in [5.74, 6) is 0. The Kier molecular flexibility index (Phi) is 5.16. The Morgan fingerprint density at radius 2 is 1.86 bits per heavy atom. The average molecular weight is 367 g/mol. The largest absolute Gasteiger partial charge is 0.401 e. The fraction of sp³-hybridized carbons (Fsp3) is 0.571. The normalized spacial score (nSPS) is 18.9. The van der Waals surface area contributed by atoms with Gasteiger partial charge in [-0.2, -0.15) is 13.2 Å². The van der Waals surface area contributed by atoms with E-state index >= 15 is 0 Å². The Labute approximate surface area is 130 Å². The van der Waals surface area contributed by atoms with E-state index in [2.05, 4.69) is 20.8 Å². The van der Waals surface area contributed by atoms with Crippen LogP contribution in [0.4, 0.5) is 18.9 Å². The fourth-order valence-corrected chi connectivity index (χ4v) is 3.09. The van der Waals surface area contributed by atoms with Crippen molar-refractivity contribution in [1.29, 1.82) is 0 Å². The molecule has 1 heterocycles. The van der Waals surface area contributed by atoms with Crippen LogP contribution >= 0.6 is 15.9 Å². The van der Waals surface area contributed by atoms with Crippen molar-refractivity contribution in [3.63, 3.8) is 0 Å². The van der Waals surface area contributed by atoms with Gasteiger partial charge >= 0.3 is 6.18 Å². The van der Waals surface area contributed by atoms with E-state index in [1.807, 2.05) is 18.2 Å². The second kappa shape index (κ2) is 6.54. The van der Waals surface area contributed by atoms with Crippen LogP contribution in [0, 0.1) is 0 Å². The maximum atomic E-state index is 12.4. The summed E-state index contributed by atoms with van der Waals surface area (Å²) in [7, 11) is 0. The van der Waals surface area contributed by atoms with Crippen molar-refractivity contribution >= 4 is 21.6 Å². The molecule has 0 saturated carbocycles. The van der Waals surface area contributed by atoms with Crippen molar-refractivity contribution in [2.75, 3.05) is 37.6 Å². The first-order chi connectivity index (χ1) is 9.76. The summed E-state index contributed by atoms with van der Waals surface area (Å²) >= 11 is 3.47. The molecule has 2 rings (SSSR count). The van der Waals surface area contributed by atoms with Crippen LogP contribution in [-0.4, -0.2) is 48.9 Å². The summed E-state index contributed by atoms with van der Waals surface area (Å²) < 4.78 is 37.9. The van der Waals surface area contributed by atoms with Gasteiger partial charge in [0, 0.05) is 30.7 Å².